The first-order valence-corrected chi connectivity index (χ1v) is 6.23. The molecule has 0 unspecified atom stereocenters. The Bertz CT molecular complexity index is 380. The largest absolute Gasteiger partial charge is 0.138 e. The molecule has 0 aliphatic heterocycles. The fraction of sp³-hybridized carbons (Fsp3) is 0.250. The standard InChI is InChI=1S/C8H15B6Br/c1-2-4(9)6(11)3(8(13,14)15)7(12)5(2)10/h9-14H2,1H3. The van der Waals surface area contributed by atoms with E-state index in [0.29, 0.717) is 0 Å². The van der Waals surface area contributed by atoms with Crippen molar-refractivity contribution in [2.24, 2.45) is 0 Å². The van der Waals surface area contributed by atoms with Crippen molar-refractivity contribution in [2.45, 2.75) is 11.0 Å². The number of hydrogen-bond acceptors (Lipinski definition) is 0. The second kappa shape index (κ2) is 4.16. The van der Waals surface area contributed by atoms with Gasteiger partial charge < -0.3 is 0 Å². The average molecular weight is 256 g/mol. The van der Waals surface area contributed by atoms with E-state index in [0.717, 1.165) is 0 Å². The lowest BCUT2D eigenvalue weighted by molar-refractivity contribution is 1.33. The highest BCUT2D eigenvalue weighted by Gasteiger charge is 2.23. The Kier molecular flexibility index (Phi) is 3.65. The van der Waals surface area contributed by atoms with Gasteiger partial charge in [-0.15, -0.1) is 0 Å². The first-order valence-electron chi connectivity index (χ1n) is 5.44. The molecule has 0 heterocycles. The molecule has 0 nitrogen and oxygen atoms in total. The van der Waals surface area contributed by atoms with Crippen molar-refractivity contribution in [3.05, 3.63) is 11.1 Å². The van der Waals surface area contributed by atoms with Gasteiger partial charge in [0, 0.05) is 0 Å². The summed E-state index contributed by atoms with van der Waals surface area (Å²) in [6.07, 6.45) is 0. The van der Waals surface area contributed by atoms with E-state index in [-0.39, 0.29) is 4.12 Å². The Labute approximate surface area is 107 Å². The van der Waals surface area contributed by atoms with Crippen molar-refractivity contribution in [3.63, 3.8) is 0 Å². The Morgan fingerprint density at radius 3 is 1.47 bits per heavy atom. The van der Waals surface area contributed by atoms with E-state index in [1.807, 2.05) is 0 Å². The van der Waals surface area contributed by atoms with Gasteiger partial charge in [0.05, 0.1) is 0 Å². The first-order chi connectivity index (χ1) is 6.68. The predicted octanol–water partition coefficient (Wildman–Crippen LogP) is -6.20. The smallest absolute Gasteiger partial charge is 0.0997 e. The summed E-state index contributed by atoms with van der Waals surface area (Å²) in [4.78, 5) is 0. The molecule has 0 saturated heterocycles. The van der Waals surface area contributed by atoms with E-state index in [1.165, 1.54) is 33.0 Å². The molecule has 0 aromatic heterocycles. The van der Waals surface area contributed by atoms with E-state index in [4.69, 9.17) is 0 Å². The summed E-state index contributed by atoms with van der Waals surface area (Å²) >= 11 is 3.78. The van der Waals surface area contributed by atoms with Crippen molar-refractivity contribution in [1.29, 1.82) is 0 Å². The van der Waals surface area contributed by atoms with Crippen molar-refractivity contribution < 1.29 is 0 Å². The zero-order valence-corrected chi connectivity index (χ0v) is 12.5. The summed E-state index contributed by atoms with van der Waals surface area (Å²) < 4.78 is 0.0599. The average Bonchev–Trinajstić information content (AvgIpc) is 2.09. The maximum absolute atomic E-state index is 3.78. The van der Waals surface area contributed by atoms with Crippen LogP contribution in [0.4, 0.5) is 0 Å². The molecule has 0 saturated carbocycles. The van der Waals surface area contributed by atoms with Crippen LogP contribution in [0, 0.1) is 6.92 Å². The Hall–Kier alpha value is 0.0896. The summed E-state index contributed by atoms with van der Waals surface area (Å²) in [6.45, 7) is 2.22. The fourth-order valence-electron chi connectivity index (χ4n) is 2.39. The van der Waals surface area contributed by atoms with Crippen LogP contribution < -0.4 is 21.9 Å². The van der Waals surface area contributed by atoms with Gasteiger partial charge >= 0.3 is 0 Å². The fourth-order valence-corrected chi connectivity index (χ4v) is 2.99. The SMILES string of the molecule is Bc1c(B)c(C(B)(B)Br)c(B)c(B)c1C. The van der Waals surface area contributed by atoms with Crippen LogP contribution in [0.5, 0.6) is 0 Å². The van der Waals surface area contributed by atoms with Gasteiger partial charge in [-0.25, -0.2) is 0 Å². The molecule has 0 aliphatic carbocycles. The van der Waals surface area contributed by atoms with E-state index in [2.05, 4.69) is 69.9 Å². The van der Waals surface area contributed by atoms with Crippen LogP contribution in [0.15, 0.2) is 0 Å². The van der Waals surface area contributed by atoms with Crippen LogP contribution in [0.1, 0.15) is 11.1 Å². The van der Waals surface area contributed by atoms with Crippen molar-refractivity contribution in [1.82, 2.24) is 0 Å². The molecule has 0 spiro atoms. The lowest BCUT2D eigenvalue weighted by Crippen LogP contribution is -2.50. The minimum absolute atomic E-state index is 0.0599. The van der Waals surface area contributed by atoms with Gasteiger partial charge in [-0.3, -0.25) is 0 Å². The number of halogens is 1. The van der Waals surface area contributed by atoms with Crippen LogP contribution >= 0.6 is 15.9 Å². The highest BCUT2D eigenvalue weighted by atomic mass is 79.9. The molecular weight excluding hydrogens is 241 g/mol. The molecule has 72 valence electrons. The summed E-state index contributed by atoms with van der Waals surface area (Å²) in [5, 5.41) is 0. The van der Waals surface area contributed by atoms with E-state index in [9.17, 15) is 0 Å². The van der Waals surface area contributed by atoms with Crippen LogP contribution in [0.3, 0.4) is 0 Å². The molecule has 0 radical (unpaired) electrons. The molecule has 0 bridgehead atoms. The molecule has 1 rings (SSSR count). The van der Waals surface area contributed by atoms with Gasteiger partial charge in [0.1, 0.15) is 47.1 Å². The topological polar surface area (TPSA) is 0 Å². The second-order valence-corrected chi connectivity index (χ2v) is 6.95. The van der Waals surface area contributed by atoms with Crippen molar-refractivity contribution in [3.8, 4) is 0 Å². The lowest BCUT2D eigenvalue weighted by atomic mass is 9.55. The quantitative estimate of drug-likeness (QED) is 0.346. The summed E-state index contributed by atoms with van der Waals surface area (Å²) in [6, 6.07) is 0. The molecule has 0 fully saturated rings. The lowest BCUT2D eigenvalue weighted by Gasteiger charge is -2.28. The summed E-state index contributed by atoms with van der Waals surface area (Å²) in [7, 11) is 13.3. The van der Waals surface area contributed by atoms with Crippen molar-refractivity contribution >= 4 is 84.9 Å². The Balaban J connectivity index is 3.68. The summed E-state index contributed by atoms with van der Waals surface area (Å²) in [5.74, 6) is 0. The van der Waals surface area contributed by atoms with Gasteiger partial charge in [0.25, 0.3) is 0 Å². The summed E-state index contributed by atoms with van der Waals surface area (Å²) in [5.41, 5.74) is 8.60. The van der Waals surface area contributed by atoms with E-state index < -0.39 is 0 Å². The van der Waals surface area contributed by atoms with Gasteiger partial charge in [-0.1, -0.05) is 48.9 Å². The van der Waals surface area contributed by atoms with Gasteiger partial charge in [0.2, 0.25) is 0 Å². The van der Waals surface area contributed by atoms with Crippen LogP contribution in [-0.2, 0) is 4.12 Å². The highest BCUT2D eigenvalue weighted by molar-refractivity contribution is 9.10. The Morgan fingerprint density at radius 1 is 0.867 bits per heavy atom. The molecule has 0 amide bonds. The predicted molar refractivity (Wildman–Crippen MR) is 91.6 cm³/mol. The number of rotatable bonds is 1. The Morgan fingerprint density at radius 2 is 1.20 bits per heavy atom. The van der Waals surface area contributed by atoms with Crippen LogP contribution in [0.25, 0.3) is 0 Å². The maximum atomic E-state index is 3.78. The first kappa shape index (κ1) is 13.2. The highest BCUT2D eigenvalue weighted by Crippen LogP contribution is 2.19. The van der Waals surface area contributed by atoms with Gasteiger partial charge in [-0.2, -0.15) is 0 Å². The molecule has 1 aromatic carbocycles. The molecule has 15 heavy (non-hydrogen) atoms. The number of benzene rings is 1. The molecule has 0 N–H and O–H groups in total. The monoisotopic (exact) mass is 256 g/mol. The minimum Gasteiger partial charge on any atom is -0.0997 e. The minimum atomic E-state index is 0.0599. The van der Waals surface area contributed by atoms with Gasteiger partial charge in [0.15, 0.2) is 0 Å². The molecule has 7 heteroatoms. The molecule has 1 aromatic rings. The zero-order valence-electron chi connectivity index (χ0n) is 10.9. The van der Waals surface area contributed by atoms with Crippen LogP contribution in [0.2, 0.25) is 0 Å². The zero-order chi connectivity index (χ0) is 12.0. The molecule has 0 atom stereocenters. The van der Waals surface area contributed by atoms with E-state index >= 15 is 0 Å². The number of alkyl halides is 1. The molecule has 0 aliphatic rings. The van der Waals surface area contributed by atoms with Crippen LogP contribution in [-0.4, -0.2) is 47.1 Å². The number of hydrogen-bond donors (Lipinski definition) is 0. The third-order valence-corrected chi connectivity index (χ3v) is 3.99. The van der Waals surface area contributed by atoms with E-state index in [1.54, 1.807) is 0 Å². The maximum Gasteiger partial charge on any atom is 0.138 e. The van der Waals surface area contributed by atoms with Gasteiger partial charge in [-0.05, 0) is 11.0 Å². The third kappa shape index (κ3) is 2.27. The third-order valence-electron chi connectivity index (χ3n) is 3.59. The molecular formula is C8H15B6Br. The normalized spacial score (nSPS) is 11.6. The second-order valence-electron chi connectivity index (χ2n) is 4.97. The van der Waals surface area contributed by atoms with Crippen molar-refractivity contribution in [2.75, 3.05) is 0 Å².